The molecule has 0 aliphatic carbocycles. The van der Waals surface area contributed by atoms with Gasteiger partial charge in [-0.2, -0.15) is 0 Å². The first-order valence-corrected chi connectivity index (χ1v) is 8.95. The topological polar surface area (TPSA) is 109 Å². The van der Waals surface area contributed by atoms with Gasteiger partial charge in [-0.15, -0.1) is 0 Å². The first-order chi connectivity index (χ1) is 13.4. The largest absolute Gasteiger partial charge is 0.508 e. The number of benzene rings is 2. The molecule has 1 aliphatic heterocycles. The summed E-state index contributed by atoms with van der Waals surface area (Å²) in [6.45, 7) is 1.67. The van der Waals surface area contributed by atoms with E-state index in [2.05, 4.69) is 0 Å². The van der Waals surface area contributed by atoms with Crippen molar-refractivity contribution < 1.29 is 29.2 Å². The third kappa shape index (κ3) is 3.47. The van der Waals surface area contributed by atoms with Gasteiger partial charge >= 0.3 is 0 Å². The minimum Gasteiger partial charge on any atom is -0.508 e. The zero-order chi connectivity index (χ0) is 19.8. The summed E-state index contributed by atoms with van der Waals surface area (Å²) in [7, 11) is 0. The van der Waals surface area contributed by atoms with Gasteiger partial charge in [0.15, 0.2) is 5.43 Å². The van der Waals surface area contributed by atoms with E-state index in [4.69, 9.17) is 13.9 Å². The molecule has 3 N–H and O–H groups in total. The van der Waals surface area contributed by atoms with Crippen LogP contribution < -0.4 is 10.2 Å². The standard InChI is InChI=1S/C21H20O7/c1-11-20(24)17(23)9-19(27-11)28-14-5-2-12(3-6-14)16-10-26-18-8-13(22)4-7-15(18)21(16)25/h2-8,10-11,17,19-20,22-24H,9H2,1H3. The second kappa shape index (κ2) is 7.27. The van der Waals surface area contributed by atoms with E-state index in [-0.39, 0.29) is 17.6 Å². The third-order valence-electron chi connectivity index (χ3n) is 4.87. The van der Waals surface area contributed by atoms with Crippen molar-refractivity contribution in [3.05, 3.63) is 59.0 Å². The van der Waals surface area contributed by atoms with E-state index in [1.807, 2.05) is 0 Å². The normalized spacial score (nSPS) is 25.0. The number of hydrogen-bond donors (Lipinski definition) is 3. The molecule has 7 heteroatoms. The zero-order valence-electron chi connectivity index (χ0n) is 15.1. The lowest BCUT2D eigenvalue weighted by molar-refractivity contribution is -0.216. The third-order valence-corrected chi connectivity index (χ3v) is 4.87. The van der Waals surface area contributed by atoms with Crippen LogP contribution in [0.5, 0.6) is 11.5 Å². The number of phenolic OH excluding ortho intramolecular Hbond substituents is 1. The van der Waals surface area contributed by atoms with Gasteiger partial charge < -0.3 is 29.2 Å². The predicted octanol–water partition coefficient (Wildman–Crippen LogP) is 2.40. The van der Waals surface area contributed by atoms with Crippen LogP contribution in [0.2, 0.25) is 0 Å². The summed E-state index contributed by atoms with van der Waals surface area (Å²) in [6.07, 6.45) is -1.52. The summed E-state index contributed by atoms with van der Waals surface area (Å²) in [5.41, 5.74) is 1.17. The molecule has 146 valence electrons. The number of aliphatic hydroxyl groups is 2. The van der Waals surface area contributed by atoms with Crippen molar-refractivity contribution in [2.45, 2.75) is 37.9 Å². The lowest BCUT2D eigenvalue weighted by Crippen LogP contribution is -2.48. The van der Waals surface area contributed by atoms with Crippen molar-refractivity contribution in [1.82, 2.24) is 0 Å². The van der Waals surface area contributed by atoms with Gasteiger partial charge in [0, 0.05) is 12.5 Å². The second-order valence-corrected chi connectivity index (χ2v) is 6.87. The molecule has 1 fully saturated rings. The SMILES string of the molecule is CC1OC(Oc2ccc(-c3coc4cc(O)ccc4c3=O)cc2)CC(O)C1O. The maximum atomic E-state index is 12.7. The molecule has 0 amide bonds. The number of rotatable bonds is 3. The molecule has 0 radical (unpaired) electrons. The average molecular weight is 384 g/mol. The number of hydrogen-bond acceptors (Lipinski definition) is 7. The monoisotopic (exact) mass is 384 g/mol. The Hall–Kier alpha value is -2.87. The summed E-state index contributed by atoms with van der Waals surface area (Å²) in [5.74, 6) is 0.543. The molecular formula is C21H20O7. The molecule has 1 aliphatic rings. The van der Waals surface area contributed by atoms with Gasteiger partial charge in [0.2, 0.25) is 6.29 Å². The molecule has 0 saturated carbocycles. The van der Waals surface area contributed by atoms with Crippen LogP contribution in [0.3, 0.4) is 0 Å². The molecule has 7 nitrogen and oxygen atoms in total. The molecule has 1 aromatic heterocycles. The fraction of sp³-hybridized carbons (Fsp3) is 0.286. The van der Waals surface area contributed by atoms with Gasteiger partial charge in [0.1, 0.15) is 29.4 Å². The second-order valence-electron chi connectivity index (χ2n) is 6.87. The van der Waals surface area contributed by atoms with Crippen LogP contribution in [-0.4, -0.2) is 39.9 Å². The highest BCUT2D eigenvalue weighted by Gasteiger charge is 2.35. The Bertz CT molecular complexity index is 1030. The fourth-order valence-corrected chi connectivity index (χ4v) is 3.28. The Labute approximate surface area is 160 Å². The van der Waals surface area contributed by atoms with E-state index in [0.717, 1.165) is 0 Å². The molecule has 4 atom stereocenters. The van der Waals surface area contributed by atoms with Gasteiger partial charge in [-0.25, -0.2) is 0 Å². The number of fused-ring (bicyclic) bond motifs is 1. The van der Waals surface area contributed by atoms with Crippen LogP contribution in [0.1, 0.15) is 13.3 Å². The quantitative estimate of drug-likeness (QED) is 0.636. The van der Waals surface area contributed by atoms with E-state index >= 15 is 0 Å². The molecule has 4 unspecified atom stereocenters. The summed E-state index contributed by atoms with van der Waals surface area (Å²) in [6, 6.07) is 11.2. The molecule has 28 heavy (non-hydrogen) atoms. The van der Waals surface area contributed by atoms with Crippen LogP contribution >= 0.6 is 0 Å². The average Bonchev–Trinajstić information content (AvgIpc) is 2.67. The van der Waals surface area contributed by atoms with E-state index in [0.29, 0.717) is 27.8 Å². The van der Waals surface area contributed by atoms with Crippen molar-refractivity contribution in [3.63, 3.8) is 0 Å². The van der Waals surface area contributed by atoms with Crippen molar-refractivity contribution in [1.29, 1.82) is 0 Å². The maximum absolute atomic E-state index is 12.7. The number of phenols is 1. The summed E-state index contributed by atoms with van der Waals surface area (Å²) in [4.78, 5) is 12.7. The van der Waals surface area contributed by atoms with Crippen LogP contribution in [-0.2, 0) is 4.74 Å². The Morgan fingerprint density at radius 1 is 1.11 bits per heavy atom. The smallest absolute Gasteiger partial charge is 0.202 e. The Morgan fingerprint density at radius 2 is 1.86 bits per heavy atom. The minimum absolute atomic E-state index is 0.0294. The molecule has 0 bridgehead atoms. The van der Waals surface area contributed by atoms with E-state index in [1.165, 1.54) is 24.5 Å². The number of ether oxygens (including phenoxy) is 2. The lowest BCUT2D eigenvalue weighted by atomic mass is 10.0. The highest BCUT2D eigenvalue weighted by Crippen LogP contribution is 2.27. The van der Waals surface area contributed by atoms with Crippen molar-refractivity contribution in [2.24, 2.45) is 0 Å². The van der Waals surface area contributed by atoms with Gasteiger partial charge in [-0.1, -0.05) is 12.1 Å². The molecule has 3 aromatic rings. The Kier molecular flexibility index (Phi) is 4.80. The summed E-state index contributed by atoms with van der Waals surface area (Å²) >= 11 is 0. The van der Waals surface area contributed by atoms with Crippen molar-refractivity contribution >= 4 is 11.0 Å². The molecule has 1 saturated heterocycles. The molecular weight excluding hydrogens is 364 g/mol. The summed E-state index contributed by atoms with van der Waals surface area (Å²) < 4.78 is 16.8. The zero-order valence-corrected chi connectivity index (χ0v) is 15.1. The first kappa shape index (κ1) is 18.5. The van der Waals surface area contributed by atoms with Gasteiger partial charge in [0.25, 0.3) is 0 Å². The van der Waals surface area contributed by atoms with Crippen LogP contribution in [0.4, 0.5) is 0 Å². The fourth-order valence-electron chi connectivity index (χ4n) is 3.28. The van der Waals surface area contributed by atoms with Gasteiger partial charge in [-0.05, 0) is 36.8 Å². The number of aliphatic hydroxyl groups excluding tert-OH is 2. The van der Waals surface area contributed by atoms with Crippen LogP contribution in [0, 0.1) is 0 Å². The van der Waals surface area contributed by atoms with Gasteiger partial charge in [-0.3, -0.25) is 4.79 Å². The Balaban J connectivity index is 1.55. The summed E-state index contributed by atoms with van der Waals surface area (Å²) in [5, 5.41) is 29.5. The van der Waals surface area contributed by atoms with E-state index < -0.39 is 24.6 Å². The first-order valence-electron chi connectivity index (χ1n) is 8.95. The highest BCUT2D eigenvalue weighted by atomic mass is 16.7. The molecule has 2 aromatic carbocycles. The lowest BCUT2D eigenvalue weighted by Gasteiger charge is -2.35. The van der Waals surface area contributed by atoms with Crippen molar-refractivity contribution in [2.75, 3.05) is 0 Å². The minimum atomic E-state index is -0.934. The predicted molar refractivity (Wildman–Crippen MR) is 101 cm³/mol. The van der Waals surface area contributed by atoms with Gasteiger partial charge in [0.05, 0.1) is 23.2 Å². The molecule has 0 spiro atoms. The van der Waals surface area contributed by atoms with Crippen LogP contribution in [0.25, 0.3) is 22.1 Å². The van der Waals surface area contributed by atoms with E-state index in [1.54, 1.807) is 31.2 Å². The van der Waals surface area contributed by atoms with E-state index in [9.17, 15) is 20.1 Å². The van der Waals surface area contributed by atoms with Crippen LogP contribution in [0.15, 0.2) is 57.9 Å². The molecule has 4 rings (SSSR count). The molecule has 2 heterocycles. The highest BCUT2D eigenvalue weighted by molar-refractivity contribution is 5.82. The number of aromatic hydroxyl groups is 1. The van der Waals surface area contributed by atoms with Crippen molar-refractivity contribution in [3.8, 4) is 22.6 Å². The Morgan fingerprint density at radius 3 is 2.57 bits per heavy atom. The maximum Gasteiger partial charge on any atom is 0.202 e.